The Balaban J connectivity index is 2.47. The smallest absolute Gasteiger partial charge is 0.195 e. The van der Waals surface area contributed by atoms with Crippen LogP contribution < -0.4 is 0 Å². The molecule has 1 aromatic heterocycles. The third-order valence-corrected chi connectivity index (χ3v) is 2.77. The summed E-state index contributed by atoms with van der Waals surface area (Å²) in [6, 6.07) is 2.16. The predicted octanol–water partition coefficient (Wildman–Crippen LogP) is 1.77. The van der Waals surface area contributed by atoms with Crippen LogP contribution in [0.3, 0.4) is 0 Å². The molecule has 4 heteroatoms. The number of rotatable bonds is 3. The highest BCUT2D eigenvalue weighted by molar-refractivity contribution is 7.07. The summed E-state index contributed by atoms with van der Waals surface area (Å²) >= 11 is 1.74. The minimum Gasteiger partial charge on any atom is -0.349 e. The molecule has 0 bridgehead atoms. The minimum absolute atomic E-state index is 0.850. The quantitative estimate of drug-likeness (QED) is 0.577. The summed E-state index contributed by atoms with van der Waals surface area (Å²) in [5, 5.41) is 4.29. The van der Waals surface area contributed by atoms with E-state index in [-0.39, 0.29) is 0 Å². The molecule has 15 heavy (non-hydrogen) atoms. The topological polar surface area (TPSA) is 18.8 Å². The van der Waals surface area contributed by atoms with Crippen molar-refractivity contribution in [2.24, 2.45) is 4.99 Å². The first-order chi connectivity index (χ1) is 7.11. The Kier molecular flexibility index (Phi) is 4.62. The van der Waals surface area contributed by atoms with Crippen LogP contribution in [0.1, 0.15) is 5.56 Å². The van der Waals surface area contributed by atoms with E-state index in [1.807, 2.05) is 38.0 Å². The van der Waals surface area contributed by atoms with E-state index in [2.05, 4.69) is 21.8 Å². The Morgan fingerprint density at radius 2 is 1.93 bits per heavy atom. The van der Waals surface area contributed by atoms with Crippen molar-refractivity contribution in [3.8, 4) is 0 Å². The van der Waals surface area contributed by atoms with E-state index in [4.69, 9.17) is 0 Å². The summed E-state index contributed by atoms with van der Waals surface area (Å²) in [5.74, 6) is 1.02. The molecule has 0 amide bonds. The van der Waals surface area contributed by atoms with Crippen molar-refractivity contribution in [2.45, 2.75) is 6.42 Å². The SMILES string of the molecule is CN(C)C(=NCCc1ccsc1)N(C)C. The van der Waals surface area contributed by atoms with E-state index in [0.717, 1.165) is 18.9 Å². The maximum absolute atomic E-state index is 4.57. The second-order valence-electron chi connectivity index (χ2n) is 3.85. The van der Waals surface area contributed by atoms with Gasteiger partial charge in [0.2, 0.25) is 0 Å². The second-order valence-corrected chi connectivity index (χ2v) is 4.63. The molecule has 84 valence electrons. The van der Waals surface area contributed by atoms with Gasteiger partial charge in [0.05, 0.1) is 0 Å². The fraction of sp³-hybridized carbons (Fsp3) is 0.545. The van der Waals surface area contributed by atoms with Gasteiger partial charge in [-0.25, -0.2) is 0 Å². The molecular formula is C11H19N3S. The summed E-state index contributed by atoms with van der Waals surface area (Å²) in [4.78, 5) is 8.64. The van der Waals surface area contributed by atoms with Gasteiger partial charge in [-0.3, -0.25) is 4.99 Å². The van der Waals surface area contributed by atoms with Gasteiger partial charge in [-0.2, -0.15) is 11.3 Å². The lowest BCUT2D eigenvalue weighted by molar-refractivity contribution is 0.479. The molecule has 0 aliphatic carbocycles. The second kappa shape index (κ2) is 5.75. The monoisotopic (exact) mass is 225 g/mol. The Morgan fingerprint density at radius 1 is 1.27 bits per heavy atom. The van der Waals surface area contributed by atoms with E-state index in [1.54, 1.807) is 11.3 Å². The first-order valence-corrected chi connectivity index (χ1v) is 5.95. The molecule has 1 heterocycles. The molecule has 0 saturated carbocycles. The zero-order valence-corrected chi connectivity index (χ0v) is 10.7. The molecule has 0 saturated heterocycles. The molecule has 0 N–H and O–H groups in total. The van der Waals surface area contributed by atoms with Gasteiger partial charge >= 0.3 is 0 Å². The first kappa shape index (κ1) is 12.0. The van der Waals surface area contributed by atoms with Gasteiger partial charge in [0.1, 0.15) is 0 Å². The number of aliphatic imine (C=N–C) groups is 1. The van der Waals surface area contributed by atoms with Crippen LogP contribution in [0.2, 0.25) is 0 Å². The molecule has 3 nitrogen and oxygen atoms in total. The molecule has 0 aliphatic rings. The molecule has 1 aromatic rings. The van der Waals surface area contributed by atoms with Crippen LogP contribution in [-0.4, -0.2) is 50.5 Å². The minimum atomic E-state index is 0.850. The molecule has 1 rings (SSSR count). The maximum atomic E-state index is 4.57. The van der Waals surface area contributed by atoms with Crippen LogP contribution in [0.5, 0.6) is 0 Å². The zero-order valence-electron chi connectivity index (χ0n) is 9.90. The van der Waals surface area contributed by atoms with Gasteiger partial charge in [0.15, 0.2) is 5.96 Å². The van der Waals surface area contributed by atoms with Crippen LogP contribution in [0, 0.1) is 0 Å². The van der Waals surface area contributed by atoms with Gasteiger partial charge < -0.3 is 9.80 Å². The zero-order chi connectivity index (χ0) is 11.3. The van der Waals surface area contributed by atoms with E-state index in [1.165, 1.54) is 5.56 Å². The van der Waals surface area contributed by atoms with Gasteiger partial charge in [0.25, 0.3) is 0 Å². The lowest BCUT2D eigenvalue weighted by Crippen LogP contribution is -2.35. The van der Waals surface area contributed by atoms with E-state index < -0.39 is 0 Å². The average Bonchev–Trinajstić information content (AvgIpc) is 2.63. The van der Waals surface area contributed by atoms with Gasteiger partial charge in [0, 0.05) is 34.7 Å². The van der Waals surface area contributed by atoms with Crippen molar-refractivity contribution in [3.05, 3.63) is 22.4 Å². The molecule has 0 radical (unpaired) electrons. The van der Waals surface area contributed by atoms with Crippen molar-refractivity contribution in [3.63, 3.8) is 0 Å². The Bertz CT molecular complexity index is 292. The standard InChI is InChI=1S/C11H19N3S/c1-13(2)11(14(3)4)12-7-5-10-6-8-15-9-10/h6,8-9H,5,7H2,1-4H3. The van der Waals surface area contributed by atoms with Gasteiger partial charge in [-0.1, -0.05) is 0 Å². The highest BCUT2D eigenvalue weighted by Crippen LogP contribution is 2.06. The van der Waals surface area contributed by atoms with E-state index in [0.29, 0.717) is 0 Å². The fourth-order valence-electron chi connectivity index (χ4n) is 1.40. The highest BCUT2D eigenvalue weighted by Gasteiger charge is 2.03. The maximum Gasteiger partial charge on any atom is 0.195 e. The van der Waals surface area contributed by atoms with Gasteiger partial charge in [-0.15, -0.1) is 0 Å². The largest absolute Gasteiger partial charge is 0.349 e. The van der Waals surface area contributed by atoms with Crippen LogP contribution in [0.25, 0.3) is 0 Å². The van der Waals surface area contributed by atoms with Crippen molar-refractivity contribution in [1.82, 2.24) is 9.80 Å². The number of hydrogen-bond acceptors (Lipinski definition) is 2. The normalized spacial score (nSPS) is 9.87. The number of thiophene rings is 1. The lowest BCUT2D eigenvalue weighted by atomic mass is 10.2. The molecule has 0 atom stereocenters. The molecular weight excluding hydrogens is 206 g/mol. The molecule has 0 fully saturated rings. The predicted molar refractivity (Wildman–Crippen MR) is 67.7 cm³/mol. The summed E-state index contributed by atoms with van der Waals surface area (Å²) in [5.41, 5.74) is 1.38. The van der Waals surface area contributed by atoms with E-state index >= 15 is 0 Å². The van der Waals surface area contributed by atoms with Gasteiger partial charge in [-0.05, 0) is 28.8 Å². The summed E-state index contributed by atoms with van der Waals surface area (Å²) in [6.45, 7) is 0.850. The van der Waals surface area contributed by atoms with Crippen LogP contribution in [0.4, 0.5) is 0 Å². The Labute approximate surface area is 96.0 Å². The summed E-state index contributed by atoms with van der Waals surface area (Å²) in [7, 11) is 8.07. The third-order valence-electron chi connectivity index (χ3n) is 2.03. The van der Waals surface area contributed by atoms with Crippen LogP contribution in [-0.2, 0) is 6.42 Å². The van der Waals surface area contributed by atoms with Crippen LogP contribution >= 0.6 is 11.3 Å². The molecule has 0 spiro atoms. The van der Waals surface area contributed by atoms with Crippen molar-refractivity contribution in [2.75, 3.05) is 34.7 Å². The fourth-order valence-corrected chi connectivity index (χ4v) is 2.11. The lowest BCUT2D eigenvalue weighted by Gasteiger charge is -2.22. The van der Waals surface area contributed by atoms with Crippen molar-refractivity contribution < 1.29 is 0 Å². The van der Waals surface area contributed by atoms with Crippen LogP contribution in [0.15, 0.2) is 21.8 Å². The first-order valence-electron chi connectivity index (χ1n) is 5.01. The molecule has 0 unspecified atom stereocenters. The van der Waals surface area contributed by atoms with Crippen molar-refractivity contribution >= 4 is 17.3 Å². The Morgan fingerprint density at radius 3 is 2.40 bits per heavy atom. The molecule has 0 aliphatic heterocycles. The van der Waals surface area contributed by atoms with E-state index in [9.17, 15) is 0 Å². The summed E-state index contributed by atoms with van der Waals surface area (Å²) in [6.07, 6.45) is 1.02. The molecule has 0 aromatic carbocycles. The average molecular weight is 225 g/mol. The third kappa shape index (κ3) is 3.91. The number of nitrogens with zero attached hydrogens (tertiary/aromatic N) is 3. The number of hydrogen-bond donors (Lipinski definition) is 0. The Hall–Kier alpha value is -1.03. The van der Waals surface area contributed by atoms with Crippen molar-refractivity contribution in [1.29, 1.82) is 0 Å². The highest BCUT2D eigenvalue weighted by atomic mass is 32.1. The summed E-state index contributed by atoms with van der Waals surface area (Å²) < 4.78 is 0. The number of guanidine groups is 1.